The molecule has 4 rings (SSSR count). The van der Waals surface area contributed by atoms with Gasteiger partial charge in [-0.25, -0.2) is 0 Å². The van der Waals surface area contributed by atoms with Gasteiger partial charge in [-0.1, -0.05) is 60.7 Å². The highest BCUT2D eigenvalue weighted by Gasteiger charge is 2.37. The molecule has 0 radical (unpaired) electrons. The lowest BCUT2D eigenvalue weighted by atomic mass is 10.0. The van der Waals surface area contributed by atoms with E-state index in [2.05, 4.69) is 29.2 Å². The van der Waals surface area contributed by atoms with Gasteiger partial charge in [-0.3, -0.25) is 9.69 Å². The number of amides is 1. The Bertz CT molecular complexity index is 737. The summed E-state index contributed by atoms with van der Waals surface area (Å²) in [6.07, 6.45) is 6.25. The lowest BCUT2D eigenvalue weighted by Gasteiger charge is -2.41. The number of hydrogen-bond acceptors (Lipinski definition) is 2. The number of hydrogen-bond donors (Lipinski definition) is 0. The van der Waals surface area contributed by atoms with E-state index in [-0.39, 0.29) is 11.9 Å². The van der Waals surface area contributed by atoms with Crippen LogP contribution in [-0.4, -0.2) is 41.4 Å². The second-order valence-electron chi connectivity index (χ2n) is 6.93. The monoisotopic (exact) mass is 332 g/mol. The molecule has 0 N–H and O–H groups in total. The van der Waals surface area contributed by atoms with Crippen molar-refractivity contribution in [3.8, 4) is 0 Å². The van der Waals surface area contributed by atoms with Crippen LogP contribution >= 0.6 is 0 Å². The molecule has 128 valence electrons. The highest BCUT2D eigenvalue weighted by molar-refractivity contribution is 5.92. The number of piperazine rings is 1. The summed E-state index contributed by atoms with van der Waals surface area (Å²) >= 11 is 0. The van der Waals surface area contributed by atoms with Gasteiger partial charge >= 0.3 is 0 Å². The molecule has 2 fully saturated rings. The molecule has 1 aliphatic heterocycles. The Balaban J connectivity index is 1.53. The Morgan fingerprint density at radius 1 is 0.920 bits per heavy atom. The van der Waals surface area contributed by atoms with Gasteiger partial charge in [0.25, 0.3) is 0 Å². The SMILES string of the molecule is O=C(/C=C/c1ccccc1)N1CCN(C2CC2)CC1c1ccccc1. The molecule has 2 aromatic carbocycles. The van der Waals surface area contributed by atoms with Crippen LogP contribution in [0.5, 0.6) is 0 Å². The fourth-order valence-electron chi connectivity index (χ4n) is 3.63. The first-order valence-corrected chi connectivity index (χ1v) is 9.14. The lowest BCUT2D eigenvalue weighted by Crippen LogP contribution is -2.50. The second kappa shape index (κ2) is 7.24. The van der Waals surface area contributed by atoms with Crippen LogP contribution in [0.1, 0.15) is 30.0 Å². The van der Waals surface area contributed by atoms with Crippen molar-refractivity contribution in [1.82, 2.24) is 9.80 Å². The first-order valence-electron chi connectivity index (χ1n) is 9.14. The molecule has 1 saturated heterocycles. The number of nitrogens with zero attached hydrogens (tertiary/aromatic N) is 2. The first-order chi connectivity index (χ1) is 12.3. The fraction of sp³-hybridized carbons (Fsp3) is 0.318. The molecular weight excluding hydrogens is 308 g/mol. The molecular formula is C22H24N2O. The van der Waals surface area contributed by atoms with Crippen molar-refractivity contribution >= 4 is 12.0 Å². The van der Waals surface area contributed by atoms with Gasteiger partial charge in [-0.05, 0) is 30.0 Å². The molecule has 2 aromatic rings. The Labute approximate surface area is 149 Å². The number of carbonyl (C=O) groups excluding carboxylic acids is 1. The van der Waals surface area contributed by atoms with Gasteiger partial charge in [0.1, 0.15) is 0 Å². The summed E-state index contributed by atoms with van der Waals surface area (Å²) in [5.41, 5.74) is 2.29. The van der Waals surface area contributed by atoms with Crippen molar-refractivity contribution in [3.05, 3.63) is 77.9 Å². The highest BCUT2D eigenvalue weighted by atomic mass is 16.2. The van der Waals surface area contributed by atoms with Gasteiger partial charge in [0.2, 0.25) is 5.91 Å². The molecule has 1 saturated carbocycles. The van der Waals surface area contributed by atoms with E-state index in [9.17, 15) is 4.79 Å². The molecule has 0 aromatic heterocycles. The molecule has 0 bridgehead atoms. The molecule has 1 unspecified atom stereocenters. The van der Waals surface area contributed by atoms with Crippen LogP contribution in [0.3, 0.4) is 0 Å². The number of carbonyl (C=O) groups is 1. The topological polar surface area (TPSA) is 23.6 Å². The molecule has 1 heterocycles. The smallest absolute Gasteiger partial charge is 0.247 e. The van der Waals surface area contributed by atoms with Gasteiger partial charge in [0.05, 0.1) is 6.04 Å². The minimum Gasteiger partial charge on any atom is -0.330 e. The first kappa shape index (κ1) is 16.1. The van der Waals surface area contributed by atoms with Gasteiger partial charge in [-0.2, -0.15) is 0 Å². The van der Waals surface area contributed by atoms with Crippen molar-refractivity contribution in [2.45, 2.75) is 24.9 Å². The minimum atomic E-state index is 0.105. The van der Waals surface area contributed by atoms with Crippen molar-refractivity contribution < 1.29 is 4.79 Å². The Kier molecular flexibility index (Phi) is 4.66. The van der Waals surface area contributed by atoms with E-state index in [0.29, 0.717) is 0 Å². The molecule has 1 atom stereocenters. The zero-order valence-corrected chi connectivity index (χ0v) is 14.4. The number of rotatable bonds is 4. The lowest BCUT2D eigenvalue weighted by molar-refractivity contribution is -0.131. The van der Waals surface area contributed by atoms with Crippen molar-refractivity contribution in [3.63, 3.8) is 0 Å². The van der Waals surface area contributed by atoms with Gasteiger partial charge in [-0.15, -0.1) is 0 Å². The van der Waals surface area contributed by atoms with E-state index in [1.807, 2.05) is 47.4 Å². The fourth-order valence-corrected chi connectivity index (χ4v) is 3.63. The third kappa shape index (κ3) is 3.83. The van der Waals surface area contributed by atoms with Crippen LogP contribution < -0.4 is 0 Å². The molecule has 0 spiro atoms. The second-order valence-corrected chi connectivity index (χ2v) is 6.93. The largest absolute Gasteiger partial charge is 0.330 e. The summed E-state index contributed by atoms with van der Waals surface area (Å²) < 4.78 is 0. The quantitative estimate of drug-likeness (QED) is 0.796. The van der Waals surface area contributed by atoms with E-state index in [1.165, 1.54) is 18.4 Å². The minimum absolute atomic E-state index is 0.105. The van der Waals surface area contributed by atoms with Crippen molar-refractivity contribution in [2.24, 2.45) is 0 Å². The van der Waals surface area contributed by atoms with Gasteiger partial charge in [0, 0.05) is 31.8 Å². The van der Waals surface area contributed by atoms with Crippen LogP contribution in [0.15, 0.2) is 66.7 Å². The molecule has 1 amide bonds. The summed E-state index contributed by atoms with van der Waals surface area (Å²) in [7, 11) is 0. The Morgan fingerprint density at radius 3 is 2.28 bits per heavy atom. The zero-order valence-electron chi connectivity index (χ0n) is 14.4. The normalized spacial score (nSPS) is 21.6. The summed E-state index contributed by atoms with van der Waals surface area (Å²) in [5, 5.41) is 0. The predicted octanol–water partition coefficient (Wildman–Crippen LogP) is 3.75. The number of benzene rings is 2. The summed E-state index contributed by atoms with van der Waals surface area (Å²) in [6, 6.07) is 21.3. The third-order valence-corrected chi connectivity index (χ3v) is 5.16. The van der Waals surface area contributed by atoms with E-state index < -0.39 is 0 Å². The summed E-state index contributed by atoms with van der Waals surface area (Å²) in [5.74, 6) is 0.105. The van der Waals surface area contributed by atoms with Crippen LogP contribution in [0.4, 0.5) is 0 Å². The highest BCUT2D eigenvalue weighted by Crippen LogP contribution is 2.33. The van der Waals surface area contributed by atoms with Gasteiger partial charge < -0.3 is 4.90 Å². The maximum absolute atomic E-state index is 12.9. The van der Waals surface area contributed by atoms with E-state index in [1.54, 1.807) is 6.08 Å². The average Bonchev–Trinajstić information content (AvgIpc) is 3.52. The predicted molar refractivity (Wildman–Crippen MR) is 101 cm³/mol. The average molecular weight is 332 g/mol. The van der Waals surface area contributed by atoms with E-state index in [4.69, 9.17) is 0 Å². The maximum Gasteiger partial charge on any atom is 0.247 e. The van der Waals surface area contributed by atoms with Crippen molar-refractivity contribution in [1.29, 1.82) is 0 Å². The molecule has 25 heavy (non-hydrogen) atoms. The van der Waals surface area contributed by atoms with Gasteiger partial charge in [0.15, 0.2) is 0 Å². The summed E-state index contributed by atoms with van der Waals surface area (Å²) in [4.78, 5) is 17.5. The maximum atomic E-state index is 12.9. The standard InChI is InChI=1S/C22H24N2O/c25-22(14-11-18-7-3-1-4-8-18)24-16-15-23(20-12-13-20)17-21(24)19-9-5-2-6-10-19/h1-11,14,20-21H,12-13,15-17H2/b14-11+. The zero-order chi connectivity index (χ0) is 17.1. The van der Waals surface area contributed by atoms with Crippen LogP contribution in [0.25, 0.3) is 6.08 Å². The molecule has 1 aliphatic carbocycles. The third-order valence-electron chi connectivity index (χ3n) is 5.16. The van der Waals surface area contributed by atoms with E-state index in [0.717, 1.165) is 31.2 Å². The van der Waals surface area contributed by atoms with E-state index >= 15 is 0 Å². The Morgan fingerprint density at radius 2 is 1.60 bits per heavy atom. The van der Waals surface area contributed by atoms with Crippen LogP contribution in [0, 0.1) is 0 Å². The molecule has 2 aliphatic rings. The Hall–Kier alpha value is -2.39. The van der Waals surface area contributed by atoms with Crippen molar-refractivity contribution in [2.75, 3.05) is 19.6 Å². The van der Waals surface area contributed by atoms with Crippen LogP contribution in [-0.2, 0) is 4.79 Å². The summed E-state index contributed by atoms with van der Waals surface area (Å²) in [6.45, 7) is 2.73. The molecule has 3 nitrogen and oxygen atoms in total. The van der Waals surface area contributed by atoms with Crippen LogP contribution in [0.2, 0.25) is 0 Å². The molecule has 3 heteroatoms.